The van der Waals surface area contributed by atoms with Crippen molar-refractivity contribution >= 4 is 34.7 Å². The lowest BCUT2D eigenvalue weighted by molar-refractivity contribution is 0.102. The maximum absolute atomic E-state index is 12.5. The van der Waals surface area contributed by atoms with Crippen LogP contribution in [-0.4, -0.2) is 29.8 Å². The molecule has 3 rings (SSSR count). The summed E-state index contributed by atoms with van der Waals surface area (Å²) in [5, 5.41) is 14.4. The van der Waals surface area contributed by atoms with Crippen molar-refractivity contribution in [2.24, 2.45) is 0 Å². The molecule has 7 nitrogen and oxygen atoms in total. The zero-order chi connectivity index (χ0) is 19.9. The van der Waals surface area contributed by atoms with Gasteiger partial charge in [-0.05, 0) is 49.4 Å². The number of hydrogen-bond donors (Lipinski definition) is 2. The molecule has 0 saturated heterocycles. The maximum Gasteiger partial charge on any atom is 0.276 e. The van der Waals surface area contributed by atoms with Crippen LogP contribution in [0.1, 0.15) is 17.4 Å². The van der Waals surface area contributed by atoms with Gasteiger partial charge in [0.15, 0.2) is 11.5 Å². The minimum Gasteiger partial charge on any atom is -0.495 e. The highest BCUT2D eigenvalue weighted by Gasteiger charge is 2.12. The summed E-state index contributed by atoms with van der Waals surface area (Å²) in [6.45, 7) is 2.38. The van der Waals surface area contributed by atoms with Crippen LogP contribution < -0.4 is 20.1 Å². The van der Waals surface area contributed by atoms with Gasteiger partial charge >= 0.3 is 0 Å². The fraction of sp³-hybridized carbons (Fsp3) is 0.150. The van der Waals surface area contributed by atoms with Crippen LogP contribution in [0.25, 0.3) is 0 Å². The number of ether oxygens (including phenoxy) is 2. The zero-order valence-corrected chi connectivity index (χ0v) is 16.2. The molecule has 1 amide bonds. The Labute approximate surface area is 167 Å². The van der Waals surface area contributed by atoms with Crippen molar-refractivity contribution < 1.29 is 14.3 Å². The Bertz CT molecular complexity index is 964. The molecule has 0 bridgehead atoms. The van der Waals surface area contributed by atoms with Crippen molar-refractivity contribution in [1.29, 1.82) is 0 Å². The van der Waals surface area contributed by atoms with E-state index in [-0.39, 0.29) is 11.6 Å². The van der Waals surface area contributed by atoms with Crippen molar-refractivity contribution in [1.82, 2.24) is 10.2 Å². The van der Waals surface area contributed by atoms with Gasteiger partial charge in [-0.15, -0.1) is 10.2 Å². The van der Waals surface area contributed by atoms with E-state index in [2.05, 4.69) is 20.8 Å². The molecule has 0 aliphatic heterocycles. The van der Waals surface area contributed by atoms with Crippen LogP contribution >= 0.6 is 11.6 Å². The highest BCUT2D eigenvalue weighted by Crippen LogP contribution is 2.30. The summed E-state index contributed by atoms with van der Waals surface area (Å²) >= 11 is 6.02. The van der Waals surface area contributed by atoms with Crippen LogP contribution in [0.2, 0.25) is 5.02 Å². The van der Waals surface area contributed by atoms with E-state index in [0.717, 1.165) is 0 Å². The second-order valence-electron chi connectivity index (χ2n) is 5.66. The number of aromatic nitrogens is 2. The quantitative estimate of drug-likeness (QED) is 0.608. The number of amides is 1. The molecule has 0 atom stereocenters. The third-order valence-corrected chi connectivity index (χ3v) is 3.99. The van der Waals surface area contributed by atoms with E-state index in [9.17, 15) is 4.79 Å². The first-order chi connectivity index (χ1) is 13.6. The van der Waals surface area contributed by atoms with Gasteiger partial charge in [-0.25, -0.2) is 0 Å². The molecule has 2 aromatic carbocycles. The molecule has 0 saturated carbocycles. The van der Waals surface area contributed by atoms with Gasteiger partial charge in [0.05, 0.1) is 25.1 Å². The normalized spacial score (nSPS) is 10.2. The third kappa shape index (κ3) is 4.69. The molecule has 0 spiro atoms. The second-order valence-corrected chi connectivity index (χ2v) is 6.09. The van der Waals surface area contributed by atoms with Crippen LogP contribution in [0.5, 0.6) is 11.5 Å². The molecule has 3 aromatic rings. The number of benzene rings is 2. The highest BCUT2D eigenvalue weighted by molar-refractivity contribution is 6.31. The molecule has 28 heavy (non-hydrogen) atoms. The Kier molecular flexibility index (Phi) is 6.29. The number of carbonyl (C=O) groups excluding carboxylic acids is 1. The number of para-hydroxylation sites is 2. The van der Waals surface area contributed by atoms with Crippen molar-refractivity contribution in [3.05, 3.63) is 65.3 Å². The van der Waals surface area contributed by atoms with E-state index < -0.39 is 0 Å². The summed E-state index contributed by atoms with van der Waals surface area (Å²) in [4.78, 5) is 12.5. The molecule has 144 valence electrons. The average Bonchev–Trinajstić information content (AvgIpc) is 2.70. The molecule has 8 heteroatoms. The van der Waals surface area contributed by atoms with Gasteiger partial charge in [-0.1, -0.05) is 23.7 Å². The summed E-state index contributed by atoms with van der Waals surface area (Å²) in [6.07, 6.45) is 0. The van der Waals surface area contributed by atoms with Crippen LogP contribution in [0.4, 0.5) is 17.2 Å². The first-order valence-electron chi connectivity index (χ1n) is 8.58. The van der Waals surface area contributed by atoms with Gasteiger partial charge in [0.1, 0.15) is 11.5 Å². The fourth-order valence-corrected chi connectivity index (χ4v) is 2.65. The summed E-state index contributed by atoms with van der Waals surface area (Å²) in [5.41, 5.74) is 1.39. The molecule has 0 unspecified atom stereocenters. The topological polar surface area (TPSA) is 85.4 Å². The maximum atomic E-state index is 12.5. The number of nitrogens with zero attached hydrogens (tertiary/aromatic N) is 2. The summed E-state index contributed by atoms with van der Waals surface area (Å²) in [5.74, 6) is 1.27. The van der Waals surface area contributed by atoms with Crippen molar-refractivity contribution in [3.8, 4) is 11.5 Å². The predicted molar refractivity (Wildman–Crippen MR) is 109 cm³/mol. The minimum absolute atomic E-state index is 0.176. The molecule has 0 aliphatic carbocycles. The van der Waals surface area contributed by atoms with Crippen molar-refractivity contribution in [2.45, 2.75) is 6.92 Å². The third-order valence-electron chi connectivity index (χ3n) is 3.76. The average molecular weight is 399 g/mol. The van der Waals surface area contributed by atoms with Crippen molar-refractivity contribution in [3.63, 3.8) is 0 Å². The van der Waals surface area contributed by atoms with Crippen LogP contribution in [0.15, 0.2) is 54.6 Å². The Morgan fingerprint density at radius 1 is 1.04 bits per heavy atom. The number of carbonyl (C=O) groups is 1. The lowest BCUT2D eigenvalue weighted by Crippen LogP contribution is -2.15. The van der Waals surface area contributed by atoms with Crippen LogP contribution in [0.3, 0.4) is 0 Å². The van der Waals surface area contributed by atoms with E-state index >= 15 is 0 Å². The van der Waals surface area contributed by atoms with Gasteiger partial charge in [-0.2, -0.15) is 0 Å². The van der Waals surface area contributed by atoms with Gasteiger partial charge < -0.3 is 20.1 Å². The van der Waals surface area contributed by atoms with E-state index in [1.54, 1.807) is 49.6 Å². The predicted octanol–water partition coefficient (Wildman–Crippen LogP) is 4.53. The lowest BCUT2D eigenvalue weighted by Gasteiger charge is -2.12. The number of methoxy groups -OCH3 is 1. The smallest absolute Gasteiger partial charge is 0.276 e. The molecule has 0 fully saturated rings. The minimum atomic E-state index is -0.383. The van der Waals surface area contributed by atoms with Crippen LogP contribution in [-0.2, 0) is 0 Å². The highest BCUT2D eigenvalue weighted by atomic mass is 35.5. The Morgan fingerprint density at radius 3 is 2.57 bits per heavy atom. The molecular weight excluding hydrogens is 380 g/mol. The van der Waals surface area contributed by atoms with Crippen LogP contribution in [0, 0.1) is 0 Å². The van der Waals surface area contributed by atoms with Gasteiger partial charge in [0.2, 0.25) is 0 Å². The fourth-order valence-electron chi connectivity index (χ4n) is 2.47. The number of halogens is 1. The van der Waals surface area contributed by atoms with E-state index in [0.29, 0.717) is 40.3 Å². The Balaban J connectivity index is 1.72. The molecule has 2 N–H and O–H groups in total. The van der Waals surface area contributed by atoms with Gasteiger partial charge in [-0.3, -0.25) is 4.79 Å². The summed E-state index contributed by atoms with van der Waals surface area (Å²) < 4.78 is 10.8. The lowest BCUT2D eigenvalue weighted by atomic mass is 10.2. The molecular formula is C20H19ClN4O3. The molecule has 1 heterocycles. The standard InChI is InChI=1S/C20H19ClN4O3/c1-3-28-18-7-5-4-6-14(18)23-20(26)15-9-11-19(25-24-15)22-16-12-13(21)8-10-17(16)27-2/h4-12H,3H2,1-2H3,(H,22,25)(H,23,26). The number of rotatable bonds is 7. The first-order valence-corrected chi connectivity index (χ1v) is 8.96. The van der Waals surface area contributed by atoms with Crippen molar-refractivity contribution in [2.75, 3.05) is 24.4 Å². The molecule has 1 aromatic heterocycles. The SMILES string of the molecule is CCOc1ccccc1NC(=O)c1ccc(Nc2cc(Cl)ccc2OC)nn1. The Morgan fingerprint density at radius 2 is 1.86 bits per heavy atom. The zero-order valence-electron chi connectivity index (χ0n) is 15.4. The Hall–Kier alpha value is -3.32. The van der Waals surface area contributed by atoms with E-state index in [1.165, 1.54) is 0 Å². The van der Waals surface area contributed by atoms with E-state index in [4.69, 9.17) is 21.1 Å². The monoisotopic (exact) mass is 398 g/mol. The molecule has 0 radical (unpaired) electrons. The largest absolute Gasteiger partial charge is 0.495 e. The summed E-state index contributed by atoms with van der Waals surface area (Å²) in [7, 11) is 1.56. The second kappa shape index (κ2) is 9.05. The number of anilines is 3. The summed E-state index contributed by atoms with van der Waals surface area (Å²) in [6, 6.07) is 15.6. The van der Waals surface area contributed by atoms with Gasteiger partial charge in [0.25, 0.3) is 5.91 Å². The molecule has 0 aliphatic rings. The number of hydrogen-bond acceptors (Lipinski definition) is 6. The van der Waals surface area contributed by atoms with Gasteiger partial charge in [0, 0.05) is 5.02 Å². The first kappa shape index (κ1) is 19.4. The van der Waals surface area contributed by atoms with E-state index in [1.807, 2.05) is 19.1 Å². The number of nitrogens with one attached hydrogen (secondary N) is 2.